The molecule has 3 nitrogen and oxygen atoms in total. The molecule has 2 aliphatic heterocycles. The van der Waals surface area contributed by atoms with E-state index in [4.69, 9.17) is 0 Å². The van der Waals surface area contributed by atoms with Gasteiger partial charge in [-0.15, -0.1) is 0 Å². The Morgan fingerprint density at radius 3 is 2.80 bits per heavy atom. The number of hydrogen-bond donors (Lipinski definition) is 2. The van der Waals surface area contributed by atoms with Crippen LogP contribution in [0, 0.1) is 11.8 Å². The second-order valence-corrected chi connectivity index (χ2v) is 5.72. The molecule has 15 heavy (non-hydrogen) atoms. The Morgan fingerprint density at radius 1 is 1.33 bits per heavy atom. The van der Waals surface area contributed by atoms with Crippen LogP contribution in [0.2, 0.25) is 0 Å². The predicted molar refractivity (Wildman–Crippen MR) is 64.0 cm³/mol. The fraction of sp³-hybridized carbons (Fsp3) is 0.909. The fourth-order valence-corrected chi connectivity index (χ4v) is 3.34. The third-order valence-corrected chi connectivity index (χ3v) is 4.37. The molecule has 0 saturated carbocycles. The van der Waals surface area contributed by atoms with Crippen molar-refractivity contribution in [1.82, 2.24) is 10.6 Å². The first-order chi connectivity index (χ1) is 7.36. The van der Waals surface area contributed by atoms with Crippen molar-refractivity contribution >= 4 is 17.7 Å². The van der Waals surface area contributed by atoms with E-state index in [9.17, 15) is 4.79 Å². The molecule has 1 atom stereocenters. The lowest BCUT2D eigenvalue weighted by molar-refractivity contribution is -0.125. The Balaban J connectivity index is 1.66. The number of carbonyl (C=O) groups excluding carboxylic acids is 1. The molecule has 86 valence electrons. The molecule has 2 N–H and O–H groups in total. The van der Waals surface area contributed by atoms with E-state index in [-0.39, 0.29) is 0 Å². The van der Waals surface area contributed by atoms with E-state index in [1.165, 1.54) is 6.42 Å². The van der Waals surface area contributed by atoms with Gasteiger partial charge in [0.2, 0.25) is 5.91 Å². The van der Waals surface area contributed by atoms with Crippen LogP contribution in [0.5, 0.6) is 0 Å². The molecule has 2 fully saturated rings. The van der Waals surface area contributed by atoms with Gasteiger partial charge in [-0.3, -0.25) is 4.79 Å². The molecule has 4 heteroatoms. The zero-order chi connectivity index (χ0) is 10.5. The van der Waals surface area contributed by atoms with E-state index in [2.05, 4.69) is 10.6 Å². The highest BCUT2D eigenvalue weighted by Gasteiger charge is 2.22. The zero-order valence-corrected chi connectivity index (χ0v) is 9.94. The first-order valence-corrected chi connectivity index (χ1v) is 7.08. The van der Waals surface area contributed by atoms with Crippen molar-refractivity contribution in [3.63, 3.8) is 0 Å². The lowest BCUT2D eigenvalue weighted by Gasteiger charge is -2.21. The Bertz CT molecular complexity index is 211. The van der Waals surface area contributed by atoms with E-state index in [0.29, 0.717) is 17.7 Å². The van der Waals surface area contributed by atoms with E-state index in [1.54, 1.807) is 0 Å². The van der Waals surface area contributed by atoms with Gasteiger partial charge in [-0.2, -0.15) is 11.8 Å². The van der Waals surface area contributed by atoms with Crippen LogP contribution < -0.4 is 10.6 Å². The Hall–Kier alpha value is -0.220. The fourth-order valence-electron chi connectivity index (χ4n) is 2.24. The van der Waals surface area contributed by atoms with Gasteiger partial charge in [0.15, 0.2) is 0 Å². The summed E-state index contributed by atoms with van der Waals surface area (Å²) >= 11 is 1.97. The molecule has 2 saturated heterocycles. The van der Waals surface area contributed by atoms with Crippen molar-refractivity contribution in [2.24, 2.45) is 11.8 Å². The molecule has 0 aliphatic carbocycles. The molecule has 1 unspecified atom stereocenters. The highest BCUT2D eigenvalue weighted by molar-refractivity contribution is 7.99. The molecule has 0 radical (unpaired) electrons. The van der Waals surface area contributed by atoms with Gasteiger partial charge in [-0.25, -0.2) is 0 Å². The summed E-state index contributed by atoms with van der Waals surface area (Å²) in [6, 6.07) is 0. The Labute approximate surface area is 95.8 Å². The van der Waals surface area contributed by atoms with Crippen LogP contribution in [0.25, 0.3) is 0 Å². The summed E-state index contributed by atoms with van der Waals surface area (Å²) < 4.78 is 0. The van der Waals surface area contributed by atoms with Crippen LogP contribution in [0.15, 0.2) is 0 Å². The van der Waals surface area contributed by atoms with Gasteiger partial charge >= 0.3 is 0 Å². The van der Waals surface area contributed by atoms with E-state index < -0.39 is 0 Å². The lowest BCUT2D eigenvalue weighted by Crippen LogP contribution is -2.36. The van der Waals surface area contributed by atoms with Crippen LogP contribution >= 0.6 is 11.8 Å². The van der Waals surface area contributed by atoms with Crippen molar-refractivity contribution in [3.8, 4) is 0 Å². The highest BCUT2D eigenvalue weighted by Crippen LogP contribution is 2.22. The quantitative estimate of drug-likeness (QED) is 0.752. The number of carbonyl (C=O) groups is 1. The van der Waals surface area contributed by atoms with E-state index in [1.807, 2.05) is 11.8 Å². The standard InChI is InChI=1S/C11H20N2OS/c14-11(10-2-5-15-6-3-10)13-8-9-1-4-12-7-9/h9-10,12H,1-8H2,(H,13,14). The van der Waals surface area contributed by atoms with Gasteiger partial charge in [0.1, 0.15) is 0 Å². The molecule has 2 heterocycles. The predicted octanol–water partition coefficient (Wildman–Crippen LogP) is 0.855. The maximum atomic E-state index is 11.8. The average Bonchev–Trinajstić information content (AvgIpc) is 2.80. The normalized spacial score (nSPS) is 27.9. The van der Waals surface area contributed by atoms with Crippen LogP contribution in [0.1, 0.15) is 19.3 Å². The summed E-state index contributed by atoms with van der Waals surface area (Å²) in [5.41, 5.74) is 0. The maximum absolute atomic E-state index is 11.8. The number of nitrogens with one attached hydrogen (secondary N) is 2. The van der Waals surface area contributed by atoms with E-state index in [0.717, 1.165) is 44.0 Å². The monoisotopic (exact) mass is 228 g/mol. The van der Waals surface area contributed by atoms with Crippen LogP contribution in [-0.2, 0) is 4.79 Å². The molecular formula is C11H20N2OS. The summed E-state index contributed by atoms with van der Waals surface area (Å²) in [6.07, 6.45) is 3.35. The van der Waals surface area contributed by atoms with Gasteiger partial charge in [-0.1, -0.05) is 0 Å². The maximum Gasteiger partial charge on any atom is 0.223 e. The van der Waals surface area contributed by atoms with Crippen molar-refractivity contribution < 1.29 is 4.79 Å². The van der Waals surface area contributed by atoms with Crippen LogP contribution in [0.3, 0.4) is 0 Å². The summed E-state index contributed by atoms with van der Waals surface area (Å²) in [5, 5.41) is 6.43. The second kappa shape index (κ2) is 5.75. The average molecular weight is 228 g/mol. The van der Waals surface area contributed by atoms with Gasteiger partial charge in [0.25, 0.3) is 0 Å². The minimum absolute atomic E-state index is 0.292. The van der Waals surface area contributed by atoms with Crippen molar-refractivity contribution in [2.45, 2.75) is 19.3 Å². The molecule has 2 rings (SSSR count). The molecule has 1 amide bonds. The van der Waals surface area contributed by atoms with Crippen LogP contribution in [-0.4, -0.2) is 37.0 Å². The van der Waals surface area contributed by atoms with E-state index >= 15 is 0 Å². The first-order valence-electron chi connectivity index (χ1n) is 5.92. The summed E-state index contributed by atoms with van der Waals surface area (Å²) in [5.74, 6) is 3.56. The summed E-state index contributed by atoms with van der Waals surface area (Å²) in [4.78, 5) is 11.8. The third kappa shape index (κ3) is 3.38. The minimum atomic E-state index is 0.292. The summed E-state index contributed by atoms with van der Waals surface area (Å²) in [6.45, 7) is 3.05. The smallest absolute Gasteiger partial charge is 0.223 e. The third-order valence-electron chi connectivity index (χ3n) is 3.32. The lowest BCUT2D eigenvalue weighted by atomic mass is 10.0. The van der Waals surface area contributed by atoms with Crippen LogP contribution in [0.4, 0.5) is 0 Å². The zero-order valence-electron chi connectivity index (χ0n) is 9.13. The molecule has 0 aromatic heterocycles. The van der Waals surface area contributed by atoms with Crippen molar-refractivity contribution in [2.75, 3.05) is 31.1 Å². The second-order valence-electron chi connectivity index (χ2n) is 4.49. The topological polar surface area (TPSA) is 41.1 Å². The summed E-state index contributed by atoms with van der Waals surface area (Å²) in [7, 11) is 0. The SMILES string of the molecule is O=C(NCC1CCNC1)C1CCSCC1. The number of rotatable bonds is 3. The minimum Gasteiger partial charge on any atom is -0.356 e. The largest absolute Gasteiger partial charge is 0.356 e. The highest BCUT2D eigenvalue weighted by atomic mass is 32.2. The molecule has 0 aromatic carbocycles. The van der Waals surface area contributed by atoms with Gasteiger partial charge in [-0.05, 0) is 49.8 Å². The van der Waals surface area contributed by atoms with Gasteiger partial charge < -0.3 is 10.6 Å². The number of thioether (sulfide) groups is 1. The van der Waals surface area contributed by atoms with Gasteiger partial charge in [0, 0.05) is 12.5 Å². The molecule has 2 aliphatic rings. The number of amides is 1. The number of hydrogen-bond acceptors (Lipinski definition) is 3. The first kappa shape index (κ1) is 11.3. The van der Waals surface area contributed by atoms with Crippen molar-refractivity contribution in [3.05, 3.63) is 0 Å². The molecule has 0 bridgehead atoms. The Kier molecular flexibility index (Phi) is 4.32. The van der Waals surface area contributed by atoms with Crippen molar-refractivity contribution in [1.29, 1.82) is 0 Å². The molecule has 0 spiro atoms. The molecular weight excluding hydrogens is 208 g/mol. The van der Waals surface area contributed by atoms with Gasteiger partial charge in [0.05, 0.1) is 0 Å². The Morgan fingerprint density at radius 2 is 2.13 bits per heavy atom. The molecule has 0 aromatic rings.